The fourth-order valence-electron chi connectivity index (χ4n) is 3.39. The quantitative estimate of drug-likeness (QED) is 0.545. The van der Waals surface area contributed by atoms with Gasteiger partial charge in [-0.05, 0) is 31.9 Å². The molecular weight excluding hydrogens is 369 g/mol. The van der Waals surface area contributed by atoms with E-state index in [1.807, 2.05) is 0 Å². The van der Waals surface area contributed by atoms with Gasteiger partial charge >= 0.3 is 0 Å². The first-order chi connectivity index (χ1) is 13.4. The number of halogens is 1. The number of para-hydroxylation sites is 1. The number of hydrogen-bond acceptors (Lipinski definition) is 7. The van der Waals surface area contributed by atoms with E-state index in [4.69, 9.17) is 4.52 Å². The fraction of sp³-hybridized carbons (Fsp3) is 0.333. The van der Waals surface area contributed by atoms with E-state index in [1.165, 1.54) is 27.4 Å². The Morgan fingerprint density at radius 2 is 2.14 bits per heavy atom. The van der Waals surface area contributed by atoms with E-state index >= 15 is 0 Å². The lowest BCUT2D eigenvalue weighted by Gasteiger charge is -2.17. The molecule has 3 heterocycles. The van der Waals surface area contributed by atoms with Crippen molar-refractivity contribution in [1.29, 1.82) is 0 Å². The highest BCUT2D eigenvalue weighted by atomic mass is 19.1. The molecule has 5 rings (SSSR count). The summed E-state index contributed by atoms with van der Waals surface area (Å²) in [4.78, 5) is 21.7. The molecule has 10 heteroatoms. The highest BCUT2D eigenvalue weighted by Crippen LogP contribution is 2.44. The molecule has 1 aromatic carbocycles. The summed E-state index contributed by atoms with van der Waals surface area (Å²) in [6.07, 6.45) is 2.45. The molecule has 3 aromatic heterocycles. The molecule has 144 valence electrons. The zero-order valence-electron chi connectivity index (χ0n) is 14.8. The molecule has 28 heavy (non-hydrogen) atoms. The second-order valence-electron chi connectivity index (χ2n) is 7.08. The largest absolute Gasteiger partial charge is 0.394 e. The predicted molar refractivity (Wildman–Crippen MR) is 95.1 cm³/mol. The molecule has 1 atom stereocenters. The Morgan fingerprint density at radius 3 is 2.86 bits per heavy atom. The van der Waals surface area contributed by atoms with Crippen LogP contribution in [-0.2, 0) is 5.60 Å². The van der Waals surface area contributed by atoms with Crippen molar-refractivity contribution in [2.45, 2.75) is 31.4 Å². The first-order valence-corrected chi connectivity index (χ1v) is 8.82. The number of hydrogen-bond donors (Lipinski definition) is 2. The summed E-state index contributed by atoms with van der Waals surface area (Å²) < 4.78 is 22.4. The van der Waals surface area contributed by atoms with Gasteiger partial charge in [0.15, 0.2) is 0 Å². The van der Waals surface area contributed by atoms with Crippen molar-refractivity contribution in [2.75, 3.05) is 6.61 Å². The summed E-state index contributed by atoms with van der Waals surface area (Å²) in [5, 5.41) is 23.6. The maximum atomic E-state index is 14.6. The van der Waals surface area contributed by atoms with Gasteiger partial charge in [-0.25, -0.2) is 9.37 Å². The van der Waals surface area contributed by atoms with Crippen LogP contribution >= 0.6 is 0 Å². The minimum atomic E-state index is -1.11. The van der Waals surface area contributed by atoms with E-state index in [-0.39, 0.29) is 35.0 Å². The minimum absolute atomic E-state index is 0.0638. The number of rotatable bonds is 4. The lowest BCUT2D eigenvalue weighted by molar-refractivity contribution is 0.108. The normalized spacial score (nSPS) is 16.7. The van der Waals surface area contributed by atoms with Crippen LogP contribution in [0.1, 0.15) is 31.7 Å². The Morgan fingerprint density at radius 1 is 1.36 bits per heavy atom. The molecule has 0 saturated heterocycles. The number of fused-ring (bicyclic) bond motifs is 3. The first-order valence-electron chi connectivity index (χ1n) is 8.82. The van der Waals surface area contributed by atoms with Crippen LogP contribution in [0.4, 0.5) is 4.39 Å². The van der Waals surface area contributed by atoms with Crippen LogP contribution in [0.5, 0.6) is 0 Å². The second-order valence-corrected chi connectivity index (χ2v) is 7.08. The Hall–Kier alpha value is -3.11. The monoisotopic (exact) mass is 385 g/mol. The molecule has 1 aliphatic carbocycles. The van der Waals surface area contributed by atoms with Crippen LogP contribution in [0.2, 0.25) is 0 Å². The fourth-order valence-corrected chi connectivity index (χ4v) is 3.39. The van der Waals surface area contributed by atoms with Crippen molar-refractivity contribution in [1.82, 2.24) is 24.1 Å². The number of aromatic nitrogens is 5. The smallest absolute Gasteiger partial charge is 0.278 e. The number of aliphatic hydroxyl groups excluding tert-OH is 1. The van der Waals surface area contributed by atoms with Crippen molar-refractivity contribution >= 4 is 16.6 Å². The molecule has 0 spiro atoms. The van der Waals surface area contributed by atoms with Gasteiger partial charge in [0, 0.05) is 0 Å². The Labute approximate surface area is 156 Å². The van der Waals surface area contributed by atoms with Crippen LogP contribution in [0.3, 0.4) is 0 Å². The van der Waals surface area contributed by atoms with Crippen molar-refractivity contribution in [2.24, 2.45) is 0 Å². The molecule has 1 aliphatic rings. The summed E-state index contributed by atoms with van der Waals surface area (Å²) >= 11 is 0. The van der Waals surface area contributed by atoms with Crippen molar-refractivity contribution in [3.05, 3.63) is 46.6 Å². The summed E-state index contributed by atoms with van der Waals surface area (Å²) in [6.45, 7) is 1.28. The molecular formula is C18H16FN5O4. The van der Waals surface area contributed by atoms with E-state index in [1.54, 1.807) is 13.0 Å². The number of aliphatic hydroxyl groups is 2. The van der Waals surface area contributed by atoms with Gasteiger partial charge in [0.25, 0.3) is 11.4 Å². The maximum absolute atomic E-state index is 14.6. The van der Waals surface area contributed by atoms with Gasteiger partial charge in [-0.2, -0.15) is 4.98 Å². The SMILES string of the molecule is CC(CO)n1c(=O)c2c(-c3noc(C4(O)CC4)n3)ncn2c2cccc(F)c21. The van der Waals surface area contributed by atoms with Gasteiger partial charge in [0.2, 0.25) is 5.82 Å². The van der Waals surface area contributed by atoms with Crippen LogP contribution in [0, 0.1) is 5.82 Å². The summed E-state index contributed by atoms with van der Waals surface area (Å²) in [5.74, 6) is -0.432. The zero-order chi connectivity index (χ0) is 19.6. The number of benzene rings is 1. The van der Waals surface area contributed by atoms with Crippen LogP contribution in [0.25, 0.3) is 28.1 Å². The Kier molecular flexibility index (Phi) is 3.46. The van der Waals surface area contributed by atoms with Crippen LogP contribution < -0.4 is 5.56 Å². The van der Waals surface area contributed by atoms with E-state index < -0.39 is 23.0 Å². The summed E-state index contributed by atoms with van der Waals surface area (Å²) in [7, 11) is 0. The van der Waals surface area contributed by atoms with Gasteiger partial charge in [-0.3, -0.25) is 13.8 Å². The lowest BCUT2D eigenvalue weighted by atomic mass is 10.2. The van der Waals surface area contributed by atoms with Crippen molar-refractivity contribution in [3.8, 4) is 11.5 Å². The van der Waals surface area contributed by atoms with Gasteiger partial charge in [-0.15, -0.1) is 0 Å². The minimum Gasteiger partial charge on any atom is -0.394 e. The summed E-state index contributed by atoms with van der Waals surface area (Å²) in [6, 6.07) is 3.79. The highest BCUT2D eigenvalue weighted by molar-refractivity contribution is 5.84. The van der Waals surface area contributed by atoms with E-state index in [9.17, 15) is 19.4 Å². The third kappa shape index (κ3) is 2.25. The zero-order valence-corrected chi connectivity index (χ0v) is 14.8. The van der Waals surface area contributed by atoms with Crippen LogP contribution in [-0.4, -0.2) is 40.9 Å². The third-order valence-electron chi connectivity index (χ3n) is 5.12. The molecule has 0 radical (unpaired) electrons. The van der Waals surface area contributed by atoms with Crippen molar-refractivity contribution in [3.63, 3.8) is 0 Å². The highest BCUT2D eigenvalue weighted by Gasteiger charge is 2.48. The molecule has 0 bridgehead atoms. The molecule has 2 N–H and O–H groups in total. The van der Waals surface area contributed by atoms with E-state index in [2.05, 4.69) is 15.1 Å². The molecule has 0 amide bonds. The molecule has 0 aliphatic heterocycles. The number of imidazole rings is 1. The molecule has 1 unspecified atom stereocenters. The van der Waals surface area contributed by atoms with Crippen LogP contribution in [0.15, 0.2) is 33.8 Å². The van der Waals surface area contributed by atoms with Gasteiger partial charge < -0.3 is 14.7 Å². The van der Waals surface area contributed by atoms with Gasteiger partial charge in [-0.1, -0.05) is 11.2 Å². The predicted octanol–water partition coefficient (Wildman–Crippen LogP) is 1.37. The van der Waals surface area contributed by atoms with Crippen molar-refractivity contribution < 1.29 is 19.1 Å². The van der Waals surface area contributed by atoms with E-state index in [0.29, 0.717) is 18.4 Å². The second kappa shape index (κ2) is 5.69. The molecule has 1 fully saturated rings. The first kappa shape index (κ1) is 17.0. The van der Waals surface area contributed by atoms with E-state index in [0.717, 1.165) is 0 Å². The Balaban J connectivity index is 1.84. The van der Waals surface area contributed by atoms with Gasteiger partial charge in [0.05, 0.1) is 18.2 Å². The standard InChI is InChI=1S/C18H16FN5O4/c1-9(7-25)24-13-10(19)3-2-4-11(13)23-8-20-12(14(23)16(24)26)15-21-17(28-22-15)18(27)5-6-18/h2-4,8-9,25,27H,5-7H2,1H3. The number of nitrogens with zero attached hydrogens (tertiary/aromatic N) is 5. The average Bonchev–Trinajstić information content (AvgIpc) is 3.12. The maximum Gasteiger partial charge on any atom is 0.278 e. The Bertz CT molecular complexity index is 1290. The molecule has 9 nitrogen and oxygen atoms in total. The lowest BCUT2D eigenvalue weighted by Crippen LogP contribution is -2.28. The summed E-state index contributed by atoms with van der Waals surface area (Å²) in [5.41, 5.74) is -0.863. The molecule has 1 saturated carbocycles. The average molecular weight is 385 g/mol. The molecule has 4 aromatic rings. The topological polar surface area (TPSA) is 119 Å². The van der Waals surface area contributed by atoms with Gasteiger partial charge in [0.1, 0.15) is 34.5 Å². The third-order valence-corrected chi connectivity index (χ3v) is 5.12.